The van der Waals surface area contributed by atoms with Crippen molar-refractivity contribution in [2.75, 3.05) is 13.1 Å². The van der Waals surface area contributed by atoms with Crippen molar-refractivity contribution in [3.63, 3.8) is 0 Å². The number of nitrogens with one attached hydrogen (secondary N) is 1. The van der Waals surface area contributed by atoms with Crippen molar-refractivity contribution in [1.29, 1.82) is 0 Å². The summed E-state index contributed by atoms with van der Waals surface area (Å²) in [6, 6.07) is 0. The maximum Gasteiger partial charge on any atom is 0.156 e. The van der Waals surface area contributed by atoms with Gasteiger partial charge in [0, 0.05) is 13.0 Å². The zero-order valence-corrected chi connectivity index (χ0v) is 6.81. The van der Waals surface area contributed by atoms with Crippen LogP contribution in [0.5, 0.6) is 0 Å². The Morgan fingerprint density at radius 2 is 2.36 bits per heavy atom. The highest BCUT2D eigenvalue weighted by atomic mass is 16.1. The smallest absolute Gasteiger partial charge is 0.156 e. The fraction of sp³-hybridized carbons (Fsp3) is 0.667. The molecule has 62 valence electrons. The maximum atomic E-state index is 10.7. The molecule has 2 heteroatoms. The lowest BCUT2D eigenvalue weighted by atomic mass is 10.3. The van der Waals surface area contributed by atoms with Gasteiger partial charge in [0.1, 0.15) is 0 Å². The molecule has 1 rings (SSSR count). The van der Waals surface area contributed by atoms with Gasteiger partial charge >= 0.3 is 0 Å². The molecule has 11 heavy (non-hydrogen) atoms. The van der Waals surface area contributed by atoms with Gasteiger partial charge in [-0.3, -0.25) is 4.79 Å². The van der Waals surface area contributed by atoms with Crippen molar-refractivity contribution >= 4 is 5.78 Å². The summed E-state index contributed by atoms with van der Waals surface area (Å²) in [7, 11) is 0. The normalized spacial score (nSPS) is 16.4. The van der Waals surface area contributed by atoms with Crippen molar-refractivity contribution in [3.8, 4) is 0 Å². The topological polar surface area (TPSA) is 29.1 Å². The van der Waals surface area contributed by atoms with E-state index in [0.717, 1.165) is 19.0 Å². The van der Waals surface area contributed by atoms with Gasteiger partial charge < -0.3 is 5.32 Å². The van der Waals surface area contributed by atoms with E-state index < -0.39 is 0 Å². The zero-order chi connectivity index (χ0) is 8.10. The average Bonchev–Trinajstić information content (AvgIpc) is 2.81. The third-order valence-electron chi connectivity index (χ3n) is 1.91. The van der Waals surface area contributed by atoms with Crippen LogP contribution in [0.2, 0.25) is 0 Å². The molecule has 0 amide bonds. The number of ketones is 1. The van der Waals surface area contributed by atoms with E-state index in [2.05, 4.69) is 11.9 Å². The predicted octanol–water partition coefficient (Wildman–Crippen LogP) is 1.13. The van der Waals surface area contributed by atoms with Gasteiger partial charge in [0.25, 0.3) is 0 Å². The van der Waals surface area contributed by atoms with Gasteiger partial charge in [0.15, 0.2) is 5.78 Å². The van der Waals surface area contributed by atoms with E-state index in [9.17, 15) is 4.79 Å². The van der Waals surface area contributed by atoms with Gasteiger partial charge in [-0.25, -0.2) is 0 Å². The minimum Gasteiger partial charge on any atom is -0.316 e. The van der Waals surface area contributed by atoms with Crippen LogP contribution in [0.3, 0.4) is 0 Å². The van der Waals surface area contributed by atoms with Gasteiger partial charge in [-0.15, -0.1) is 0 Å². The van der Waals surface area contributed by atoms with E-state index in [1.54, 1.807) is 0 Å². The number of allylic oxidation sites excluding steroid dienone is 1. The van der Waals surface area contributed by atoms with Crippen LogP contribution in [0.1, 0.15) is 19.3 Å². The molecule has 1 aliphatic rings. The van der Waals surface area contributed by atoms with Crippen molar-refractivity contribution in [2.45, 2.75) is 19.3 Å². The number of carbonyl (C=O) groups excluding carboxylic acids is 1. The standard InChI is InChI=1S/C9H15NO/c1-2-9(11)5-6-10-7-8-3-4-8/h2,8,10H,1,3-7H2. The predicted molar refractivity (Wildman–Crippen MR) is 45.4 cm³/mol. The molecule has 0 bridgehead atoms. The largest absolute Gasteiger partial charge is 0.316 e. The van der Waals surface area contributed by atoms with Crippen LogP contribution in [0, 0.1) is 5.92 Å². The summed E-state index contributed by atoms with van der Waals surface area (Å²) in [6.07, 6.45) is 4.71. The minimum absolute atomic E-state index is 0.133. The maximum absolute atomic E-state index is 10.7. The summed E-state index contributed by atoms with van der Waals surface area (Å²) in [5.41, 5.74) is 0. The molecule has 0 spiro atoms. The van der Waals surface area contributed by atoms with E-state index in [1.807, 2.05) is 0 Å². The summed E-state index contributed by atoms with van der Waals surface area (Å²) < 4.78 is 0. The van der Waals surface area contributed by atoms with E-state index in [0.29, 0.717) is 6.42 Å². The lowest BCUT2D eigenvalue weighted by molar-refractivity contribution is -0.114. The van der Waals surface area contributed by atoms with Crippen molar-refractivity contribution in [2.24, 2.45) is 5.92 Å². The lowest BCUT2D eigenvalue weighted by Gasteiger charge is -1.99. The average molecular weight is 153 g/mol. The lowest BCUT2D eigenvalue weighted by Crippen LogP contribution is -2.19. The summed E-state index contributed by atoms with van der Waals surface area (Å²) in [4.78, 5) is 10.7. The highest BCUT2D eigenvalue weighted by Crippen LogP contribution is 2.27. The molecule has 1 fully saturated rings. The van der Waals surface area contributed by atoms with Gasteiger partial charge in [-0.05, 0) is 31.4 Å². The fourth-order valence-corrected chi connectivity index (χ4v) is 0.942. The molecule has 0 heterocycles. The minimum atomic E-state index is 0.133. The fourth-order valence-electron chi connectivity index (χ4n) is 0.942. The van der Waals surface area contributed by atoms with Crippen LogP contribution in [-0.4, -0.2) is 18.9 Å². The van der Waals surface area contributed by atoms with Crippen LogP contribution in [-0.2, 0) is 4.79 Å². The van der Waals surface area contributed by atoms with Gasteiger partial charge in [-0.2, -0.15) is 0 Å². The molecule has 0 aromatic heterocycles. The number of rotatable bonds is 6. The number of hydrogen-bond acceptors (Lipinski definition) is 2. The quantitative estimate of drug-likeness (QED) is 0.458. The third-order valence-corrected chi connectivity index (χ3v) is 1.91. The van der Waals surface area contributed by atoms with Crippen LogP contribution in [0.15, 0.2) is 12.7 Å². The summed E-state index contributed by atoms with van der Waals surface area (Å²) in [5.74, 6) is 1.03. The van der Waals surface area contributed by atoms with Crippen molar-refractivity contribution in [3.05, 3.63) is 12.7 Å². The summed E-state index contributed by atoms with van der Waals surface area (Å²) >= 11 is 0. The van der Waals surface area contributed by atoms with Crippen LogP contribution in [0.25, 0.3) is 0 Å². The Kier molecular flexibility index (Phi) is 3.30. The molecule has 1 N–H and O–H groups in total. The second kappa shape index (κ2) is 4.29. The monoisotopic (exact) mass is 153 g/mol. The Morgan fingerprint density at radius 1 is 1.64 bits per heavy atom. The van der Waals surface area contributed by atoms with Crippen molar-refractivity contribution < 1.29 is 4.79 Å². The molecule has 0 atom stereocenters. The van der Waals surface area contributed by atoms with Crippen LogP contribution < -0.4 is 5.32 Å². The van der Waals surface area contributed by atoms with Crippen LogP contribution >= 0.6 is 0 Å². The molecule has 0 radical (unpaired) electrons. The van der Waals surface area contributed by atoms with E-state index in [1.165, 1.54) is 18.9 Å². The van der Waals surface area contributed by atoms with Gasteiger partial charge in [0.2, 0.25) is 0 Å². The van der Waals surface area contributed by atoms with Gasteiger partial charge in [0.05, 0.1) is 0 Å². The summed E-state index contributed by atoms with van der Waals surface area (Å²) in [6.45, 7) is 5.30. The molecule has 0 saturated heterocycles. The molecule has 2 nitrogen and oxygen atoms in total. The molecule has 1 aliphatic carbocycles. The number of hydrogen-bond donors (Lipinski definition) is 1. The van der Waals surface area contributed by atoms with E-state index in [-0.39, 0.29) is 5.78 Å². The highest BCUT2D eigenvalue weighted by molar-refractivity contribution is 5.89. The Hall–Kier alpha value is -0.630. The Bertz CT molecular complexity index is 150. The summed E-state index contributed by atoms with van der Waals surface area (Å²) in [5, 5.41) is 3.24. The molecule has 0 unspecified atom stereocenters. The second-order valence-corrected chi connectivity index (χ2v) is 3.07. The van der Waals surface area contributed by atoms with E-state index in [4.69, 9.17) is 0 Å². The zero-order valence-electron chi connectivity index (χ0n) is 6.81. The SMILES string of the molecule is C=CC(=O)CCNCC1CC1. The highest BCUT2D eigenvalue weighted by Gasteiger charge is 2.19. The first-order valence-electron chi connectivity index (χ1n) is 4.19. The Labute approximate surface area is 67.7 Å². The second-order valence-electron chi connectivity index (χ2n) is 3.07. The Morgan fingerprint density at radius 3 is 2.91 bits per heavy atom. The molecular weight excluding hydrogens is 138 g/mol. The first-order valence-corrected chi connectivity index (χ1v) is 4.19. The molecule has 0 aliphatic heterocycles. The molecule has 0 aromatic carbocycles. The van der Waals surface area contributed by atoms with Gasteiger partial charge in [-0.1, -0.05) is 6.58 Å². The third kappa shape index (κ3) is 3.94. The molecule has 0 aromatic rings. The van der Waals surface area contributed by atoms with Crippen molar-refractivity contribution in [1.82, 2.24) is 5.32 Å². The molecular formula is C9H15NO. The van der Waals surface area contributed by atoms with Crippen LogP contribution in [0.4, 0.5) is 0 Å². The molecule has 1 saturated carbocycles. The first-order chi connectivity index (χ1) is 5.33. The van der Waals surface area contributed by atoms with E-state index >= 15 is 0 Å². The Balaban J connectivity index is 1.86. The first kappa shape index (κ1) is 8.47. The number of carbonyl (C=O) groups is 1.